The minimum atomic E-state index is -1.25. The Balaban J connectivity index is 1.53. The first-order valence-corrected chi connectivity index (χ1v) is 17.6. The van der Waals surface area contributed by atoms with E-state index in [1.165, 1.54) is 4.90 Å². The van der Waals surface area contributed by atoms with E-state index in [1.807, 2.05) is 0 Å². The molecule has 4 rings (SSSR count). The number of piperidine rings is 1. The van der Waals surface area contributed by atoms with Gasteiger partial charge in [-0.05, 0) is 57.3 Å². The fraction of sp³-hybridized carbons (Fsp3) is 0.818. The van der Waals surface area contributed by atoms with Gasteiger partial charge in [0.15, 0.2) is 0 Å². The monoisotopic (exact) mass is 699 g/mol. The molecule has 0 bridgehead atoms. The zero-order valence-electron chi connectivity index (χ0n) is 28.3. The van der Waals surface area contributed by atoms with Crippen LogP contribution in [0.2, 0.25) is 0 Å². The van der Waals surface area contributed by atoms with Crippen molar-refractivity contribution in [2.45, 2.75) is 133 Å². The second-order valence-electron chi connectivity index (χ2n) is 15.9. The molecule has 14 heteroatoms. The highest BCUT2D eigenvalue weighted by Crippen LogP contribution is 2.65. The van der Waals surface area contributed by atoms with E-state index < -0.39 is 86.9 Å². The minimum absolute atomic E-state index is 0.0597. The van der Waals surface area contributed by atoms with E-state index in [2.05, 4.69) is 16.0 Å². The SMILES string of the molecule is CC(C)(C)OC(=O)[C@H](NC(=O)N[C@H](C(=O)N1C[C@H]2[C@@H]([C@H]1C(=O)NC(CC1CCC1)C(=O)C(N)=O)C2(Cl)Cl)C(C)(C)C)C1CCCCC1. The van der Waals surface area contributed by atoms with Crippen molar-refractivity contribution >= 4 is 58.7 Å². The molecule has 1 heterocycles. The Morgan fingerprint density at radius 1 is 0.894 bits per heavy atom. The van der Waals surface area contributed by atoms with E-state index in [4.69, 9.17) is 33.7 Å². The lowest BCUT2D eigenvalue weighted by molar-refractivity contribution is -0.159. The molecule has 47 heavy (non-hydrogen) atoms. The second-order valence-corrected chi connectivity index (χ2v) is 17.3. The van der Waals surface area contributed by atoms with E-state index >= 15 is 0 Å². The number of alkyl halides is 2. The van der Waals surface area contributed by atoms with Gasteiger partial charge in [0.2, 0.25) is 17.6 Å². The van der Waals surface area contributed by atoms with E-state index in [1.54, 1.807) is 41.5 Å². The van der Waals surface area contributed by atoms with E-state index in [0.29, 0.717) is 0 Å². The number of carbonyl (C=O) groups excluding carboxylic acids is 6. The van der Waals surface area contributed by atoms with E-state index in [0.717, 1.165) is 51.4 Å². The number of halogens is 2. The maximum absolute atomic E-state index is 14.3. The zero-order valence-corrected chi connectivity index (χ0v) is 29.8. The number of hydrogen-bond acceptors (Lipinski definition) is 7. The van der Waals surface area contributed by atoms with Gasteiger partial charge in [-0.1, -0.05) is 59.3 Å². The highest BCUT2D eigenvalue weighted by atomic mass is 35.5. The van der Waals surface area contributed by atoms with Crippen LogP contribution in [-0.2, 0) is 28.7 Å². The molecule has 3 saturated carbocycles. The molecule has 0 aromatic carbocycles. The lowest BCUT2D eigenvalue weighted by Crippen LogP contribution is -2.62. The average Bonchev–Trinajstić information content (AvgIpc) is 3.25. The predicted octanol–water partition coefficient (Wildman–Crippen LogP) is 3.35. The number of likely N-dealkylation sites (tertiary alicyclic amines) is 1. The molecule has 4 fully saturated rings. The number of urea groups is 1. The Kier molecular flexibility index (Phi) is 11.2. The van der Waals surface area contributed by atoms with Crippen molar-refractivity contribution in [3.63, 3.8) is 0 Å². The summed E-state index contributed by atoms with van der Waals surface area (Å²) in [6.45, 7) is 10.7. The Hall–Kier alpha value is -2.60. The molecule has 4 aliphatic rings. The third-order valence-corrected chi connectivity index (χ3v) is 11.1. The summed E-state index contributed by atoms with van der Waals surface area (Å²) in [5.74, 6) is -4.73. The summed E-state index contributed by atoms with van der Waals surface area (Å²) in [7, 11) is 0. The first kappa shape index (κ1) is 37.2. The Morgan fingerprint density at radius 3 is 2.02 bits per heavy atom. The summed E-state index contributed by atoms with van der Waals surface area (Å²) in [6, 6.07) is -4.99. The molecule has 5 N–H and O–H groups in total. The van der Waals surface area contributed by atoms with Gasteiger partial charge in [0, 0.05) is 18.4 Å². The van der Waals surface area contributed by atoms with Crippen molar-refractivity contribution < 1.29 is 33.5 Å². The van der Waals surface area contributed by atoms with Gasteiger partial charge in [0.25, 0.3) is 5.91 Å². The van der Waals surface area contributed by atoms with Crippen LogP contribution >= 0.6 is 23.2 Å². The van der Waals surface area contributed by atoms with Crippen molar-refractivity contribution in [2.24, 2.45) is 34.8 Å². The number of fused-ring (bicyclic) bond motifs is 1. The highest BCUT2D eigenvalue weighted by Gasteiger charge is 2.74. The van der Waals surface area contributed by atoms with Gasteiger partial charge in [-0.3, -0.25) is 19.2 Å². The Morgan fingerprint density at radius 2 is 1.51 bits per heavy atom. The number of esters is 1. The smallest absolute Gasteiger partial charge is 0.329 e. The van der Waals surface area contributed by atoms with Gasteiger partial charge in [-0.15, -0.1) is 23.2 Å². The molecule has 0 radical (unpaired) electrons. The summed E-state index contributed by atoms with van der Waals surface area (Å²) < 4.78 is 4.40. The van der Waals surface area contributed by atoms with Gasteiger partial charge < -0.3 is 31.3 Å². The Labute approximate surface area is 287 Å². The summed E-state index contributed by atoms with van der Waals surface area (Å²) >= 11 is 13.1. The molecular formula is C33H51Cl2N5O7. The average molecular weight is 701 g/mol. The number of nitrogens with two attached hydrogens (primary N) is 1. The molecule has 1 saturated heterocycles. The molecule has 1 aliphatic heterocycles. The molecule has 0 spiro atoms. The summed E-state index contributed by atoms with van der Waals surface area (Å²) in [4.78, 5) is 80.8. The first-order chi connectivity index (χ1) is 21.7. The predicted molar refractivity (Wildman–Crippen MR) is 176 cm³/mol. The van der Waals surface area contributed by atoms with Crippen LogP contribution in [0.25, 0.3) is 0 Å². The fourth-order valence-corrected chi connectivity index (χ4v) is 8.01. The van der Waals surface area contributed by atoms with Crippen LogP contribution in [0.1, 0.15) is 99.3 Å². The molecule has 6 atom stereocenters. The topological polar surface area (TPSA) is 177 Å². The lowest BCUT2D eigenvalue weighted by atomic mass is 9.80. The summed E-state index contributed by atoms with van der Waals surface area (Å²) in [5.41, 5.74) is 3.73. The summed E-state index contributed by atoms with van der Waals surface area (Å²) in [5, 5.41) is 8.27. The molecular weight excluding hydrogens is 649 g/mol. The van der Waals surface area contributed by atoms with Crippen LogP contribution in [0, 0.1) is 29.1 Å². The number of rotatable bonds is 11. The number of ether oxygens (including phenoxy) is 1. The van der Waals surface area contributed by atoms with Crippen LogP contribution in [0.3, 0.4) is 0 Å². The van der Waals surface area contributed by atoms with E-state index in [-0.39, 0.29) is 24.8 Å². The normalized spacial score (nSPS) is 26.1. The quantitative estimate of drug-likeness (QED) is 0.145. The lowest BCUT2D eigenvalue weighted by Gasteiger charge is -2.38. The number of amides is 5. The maximum Gasteiger partial charge on any atom is 0.329 e. The Bertz CT molecular complexity index is 1250. The highest BCUT2D eigenvalue weighted by molar-refractivity contribution is 6.51. The molecule has 0 aromatic heterocycles. The largest absolute Gasteiger partial charge is 0.458 e. The van der Waals surface area contributed by atoms with Crippen LogP contribution in [0.4, 0.5) is 4.79 Å². The third kappa shape index (κ3) is 8.71. The van der Waals surface area contributed by atoms with Crippen LogP contribution < -0.4 is 21.7 Å². The number of nitrogens with zero attached hydrogens (tertiary/aromatic N) is 1. The zero-order chi connectivity index (χ0) is 35.1. The van der Waals surface area contributed by atoms with Crippen LogP contribution in [0.15, 0.2) is 0 Å². The number of carbonyl (C=O) groups is 6. The van der Waals surface area contributed by atoms with Gasteiger partial charge in [-0.2, -0.15) is 0 Å². The third-order valence-electron chi connectivity index (χ3n) is 10.0. The van der Waals surface area contributed by atoms with Crippen molar-refractivity contribution in [3.05, 3.63) is 0 Å². The first-order valence-electron chi connectivity index (χ1n) is 16.8. The summed E-state index contributed by atoms with van der Waals surface area (Å²) in [6.07, 6.45) is 7.47. The molecule has 0 aromatic rings. The molecule has 1 unspecified atom stereocenters. The maximum atomic E-state index is 14.3. The standard InChI is InChI=1S/C33H51Cl2N5O7/c1-31(2,3)25(39-30(46)38-22(18-13-8-7-9-14-18)29(45)47-32(4,5)6)28(44)40-16-19-21(33(19,34)35)23(40)27(43)37-20(24(41)26(36)42)15-17-11-10-12-17/h17-23,25H,7-16H2,1-6H3,(H2,36,42)(H,37,43)(H2,38,39,46)/t19-,20?,21-,22+,23-,25+/m0/s1. The molecule has 5 amide bonds. The molecule has 3 aliphatic carbocycles. The molecule has 264 valence electrons. The van der Waals surface area contributed by atoms with Gasteiger partial charge in [0.1, 0.15) is 28.1 Å². The molecule has 12 nitrogen and oxygen atoms in total. The van der Waals surface area contributed by atoms with Crippen molar-refractivity contribution in [3.8, 4) is 0 Å². The van der Waals surface area contributed by atoms with Crippen molar-refractivity contribution in [1.29, 1.82) is 0 Å². The number of hydrogen-bond donors (Lipinski definition) is 4. The van der Waals surface area contributed by atoms with Gasteiger partial charge in [-0.25, -0.2) is 9.59 Å². The van der Waals surface area contributed by atoms with E-state index in [9.17, 15) is 28.8 Å². The number of ketones is 1. The van der Waals surface area contributed by atoms with Crippen LogP contribution in [0.5, 0.6) is 0 Å². The minimum Gasteiger partial charge on any atom is -0.458 e. The second kappa shape index (κ2) is 14.1. The van der Waals surface area contributed by atoms with Crippen LogP contribution in [-0.4, -0.2) is 81.1 Å². The number of primary amides is 1. The van der Waals surface area contributed by atoms with Crippen molar-refractivity contribution in [2.75, 3.05) is 6.54 Å². The van der Waals surface area contributed by atoms with Gasteiger partial charge in [0.05, 0.1) is 6.04 Å². The fourth-order valence-electron chi connectivity index (χ4n) is 7.19. The van der Waals surface area contributed by atoms with Gasteiger partial charge >= 0.3 is 12.0 Å². The number of nitrogens with one attached hydrogen (secondary N) is 3. The van der Waals surface area contributed by atoms with Crippen molar-refractivity contribution in [1.82, 2.24) is 20.9 Å². The number of Topliss-reactive ketones (excluding diaryl/α,β-unsaturated/α-hetero) is 1.